The van der Waals surface area contributed by atoms with Crippen LogP contribution < -0.4 is 10.6 Å². The molecule has 0 bridgehead atoms. The molecular weight excluding hydrogens is 300 g/mol. The minimum Gasteiger partial charge on any atom is -0.383 e. The van der Waals surface area contributed by atoms with Crippen molar-refractivity contribution in [1.29, 1.82) is 0 Å². The third kappa shape index (κ3) is 5.80. The molecular formula is C19H32N4O. The molecule has 2 rings (SSSR count). The second kappa shape index (κ2) is 9.64. The van der Waals surface area contributed by atoms with Gasteiger partial charge in [-0.15, -0.1) is 0 Å². The second-order valence-corrected chi connectivity index (χ2v) is 6.56. The van der Waals surface area contributed by atoms with Gasteiger partial charge in [-0.1, -0.05) is 30.3 Å². The normalized spacial score (nSPS) is 16.2. The quantitative estimate of drug-likeness (QED) is 0.507. The van der Waals surface area contributed by atoms with E-state index in [-0.39, 0.29) is 5.41 Å². The Hall–Kier alpha value is -1.59. The summed E-state index contributed by atoms with van der Waals surface area (Å²) in [7, 11) is 3.85. The first-order chi connectivity index (χ1) is 11.7. The van der Waals surface area contributed by atoms with E-state index >= 15 is 0 Å². The smallest absolute Gasteiger partial charge is 0.191 e. The predicted octanol–water partition coefficient (Wildman–Crippen LogP) is 1.85. The molecule has 0 radical (unpaired) electrons. The van der Waals surface area contributed by atoms with Crippen LogP contribution in [0.3, 0.4) is 0 Å². The number of likely N-dealkylation sites (N-methyl/N-ethyl adjacent to an activating group) is 1. The van der Waals surface area contributed by atoms with Crippen molar-refractivity contribution in [2.45, 2.75) is 25.2 Å². The van der Waals surface area contributed by atoms with Crippen molar-refractivity contribution in [3.05, 3.63) is 35.9 Å². The zero-order valence-electron chi connectivity index (χ0n) is 15.3. The Kier molecular flexibility index (Phi) is 7.53. The molecule has 1 aromatic carbocycles. The van der Waals surface area contributed by atoms with E-state index < -0.39 is 0 Å². The SMILES string of the molecule is CCNC(=NCC1(c2ccccc2)CC1)NCCN(C)CCOC. The molecule has 0 saturated heterocycles. The fourth-order valence-corrected chi connectivity index (χ4v) is 2.78. The zero-order valence-corrected chi connectivity index (χ0v) is 15.3. The highest BCUT2D eigenvalue weighted by atomic mass is 16.5. The molecule has 0 heterocycles. The molecule has 5 nitrogen and oxygen atoms in total. The molecule has 24 heavy (non-hydrogen) atoms. The van der Waals surface area contributed by atoms with Crippen LogP contribution in [0.25, 0.3) is 0 Å². The van der Waals surface area contributed by atoms with Crippen molar-refractivity contribution in [3.8, 4) is 0 Å². The summed E-state index contributed by atoms with van der Waals surface area (Å²) in [6.45, 7) is 7.40. The van der Waals surface area contributed by atoms with Gasteiger partial charge < -0.3 is 20.3 Å². The molecule has 5 heteroatoms. The van der Waals surface area contributed by atoms with Crippen LogP contribution in [0.1, 0.15) is 25.3 Å². The maximum Gasteiger partial charge on any atom is 0.191 e. The van der Waals surface area contributed by atoms with Gasteiger partial charge in [0.25, 0.3) is 0 Å². The monoisotopic (exact) mass is 332 g/mol. The highest BCUT2D eigenvalue weighted by molar-refractivity contribution is 5.79. The van der Waals surface area contributed by atoms with Crippen molar-refractivity contribution in [2.24, 2.45) is 4.99 Å². The number of methoxy groups -OCH3 is 1. The lowest BCUT2D eigenvalue weighted by atomic mass is 9.96. The van der Waals surface area contributed by atoms with Gasteiger partial charge >= 0.3 is 0 Å². The maximum absolute atomic E-state index is 5.11. The number of benzene rings is 1. The van der Waals surface area contributed by atoms with E-state index in [0.29, 0.717) is 0 Å². The molecule has 0 atom stereocenters. The fourth-order valence-electron chi connectivity index (χ4n) is 2.78. The molecule has 1 aliphatic rings. The zero-order chi connectivity index (χ0) is 17.3. The summed E-state index contributed by atoms with van der Waals surface area (Å²) in [5.74, 6) is 0.917. The average Bonchev–Trinajstić information content (AvgIpc) is 3.40. The van der Waals surface area contributed by atoms with Crippen LogP contribution in [-0.2, 0) is 10.2 Å². The van der Waals surface area contributed by atoms with Crippen molar-refractivity contribution < 1.29 is 4.74 Å². The van der Waals surface area contributed by atoms with Crippen LogP contribution in [0.5, 0.6) is 0 Å². The first kappa shape index (κ1) is 18.7. The lowest BCUT2D eigenvalue weighted by molar-refractivity contribution is 0.162. The molecule has 0 amide bonds. The van der Waals surface area contributed by atoms with Crippen molar-refractivity contribution in [1.82, 2.24) is 15.5 Å². The summed E-state index contributed by atoms with van der Waals surface area (Å²) < 4.78 is 5.11. The third-order valence-electron chi connectivity index (χ3n) is 4.59. The molecule has 134 valence electrons. The van der Waals surface area contributed by atoms with Crippen LogP contribution >= 0.6 is 0 Å². The molecule has 2 N–H and O–H groups in total. The topological polar surface area (TPSA) is 48.9 Å². The van der Waals surface area contributed by atoms with E-state index in [1.807, 2.05) is 0 Å². The number of nitrogens with one attached hydrogen (secondary N) is 2. The summed E-state index contributed by atoms with van der Waals surface area (Å²) >= 11 is 0. The van der Waals surface area contributed by atoms with Crippen LogP contribution in [0.4, 0.5) is 0 Å². The van der Waals surface area contributed by atoms with E-state index in [1.54, 1.807) is 7.11 Å². The molecule has 1 aromatic rings. The van der Waals surface area contributed by atoms with Crippen LogP contribution in [-0.4, -0.2) is 64.3 Å². The number of aliphatic imine (C=N–C) groups is 1. The molecule has 0 aromatic heterocycles. The van der Waals surface area contributed by atoms with Crippen LogP contribution in [0.15, 0.2) is 35.3 Å². The number of guanidine groups is 1. The Labute approximate surface area is 146 Å². The molecule has 1 saturated carbocycles. The lowest BCUT2D eigenvalue weighted by Gasteiger charge is -2.19. The van der Waals surface area contributed by atoms with E-state index in [0.717, 1.165) is 45.3 Å². The highest BCUT2D eigenvalue weighted by Crippen LogP contribution is 2.48. The van der Waals surface area contributed by atoms with Gasteiger partial charge in [-0.2, -0.15) is 0 Å². The molecule has 0 spiro atoms. The number of ether oxygens (including phenoxy) is 1. The lowest BCUT2D eigenvalue weighted by Crippen LogP contribution is -2.41. The maximum atomic E-state index is 5.11. The number of nitrogens with zero attached hydrogens (tertiary/aromatic N) is 2. The van der Waals surface area contributed by atoms with Crippen molar-refractivity contribution >= 4 is 5.96 Å². The Balaban J connectivity index is 1.83. The number of hydrogen-bond donors (Lipinski definition) is 2. The van der Waals surface area contributed by atoms with Crippen LogP contribution in [0.2, 0.25) is 0 Å². The summed E-state index contributed by atoms with van der Waals surface area (Å²) in [5, 5.41) is 6.78. The van der Waals surface area contributed by atoms with E-state index in [1.165, 1.54) is 18.4 Å². The Morgan fingerprint density at radius 1 is 1.21 bits per heavy atom. The van der Waals surface area contributed by atoms with Crippen LogP contribution in [0, 0.1) is 0 Å². The van der Waals surface area contributed by atoms with E-state index in [9.17, 15) is 0 Å². The predicted molar refractivity (Wildman–Crippen MR) is 101 cm³/mol. The summed E-state index contributed by atoms with van der Waals surface area (Å²) in [6, 6.07) is 10.8. The minimum atomic E-state index is 0.263. The van der Waals surface area contributed by atoms with Crippen molar-refractivity contribution in [3.63, 3.8) is 0 Å². The van der Waals surface area contributed by atoms with Gasteiger partial charge in [-0.05, 0) is 32.4 Å². The minimum absolute atomic E-state index is 0.263. The second-order valence-electron chi connectivity index (χ2n) is 6.56. The molecule has 0 aliphatic heterocycles. The van der Waals surface area contributed by atoms with E-state index in [4.69, 9.17) is 9.73 Å². The summed E-state index contributed by atoms with van der Waals surface area (Å²) in [4.78, 5) is 7.09. The average molecular weight is 332 g/mol. The third-order valence-corrected chi connectivity index (χ3v) is 4.59. The summed E-state index contributed by atoms with van der Waals surface area (Å²) in [5.41, 5.74) is 1.68. The van der Waals surface area contributed by atoms with E-state index in [2.05, 4.69) is 59.8 Å². The fraction of sp³-hybridized carbons (Fsp3) is 0.632. The Morgan fingerprint density at radius 2 is 1.96 bits per heavy atom. The Morgan fingerprint density at radius 3 is 2.58 bits per heavy atom. The van der Waals surface area contributed by atoms with Gasteiger partial charge in [0, 0.05) is 38.7 Å². The van der Waals surface area contributed by atoms with Gasteiger partial charge in [0.15, 0.2) is 5.96 Å². The first-order valence-electron chi connectivity index (χ1n) is 8.95. The standard InChI is InChI=1S/C19H32N4O/c1-4-20-18(21-12-13-23(2)14-15-24-3)22-16-19(10-11-19)17-8-6-5-7-9-17/h5-9H,4,10-16H2,1-3H3,(H2,20,21,22). The Bertz CT molecular complexity index is 499. The largest absolute Gasteiger partial charge is 0.383 e. The number of hydrogen-bond acceptors (Lipinski definition) is 3. The van der Waals surface area contributed by atoms with Gasteiger partial charge in [-0.3, -0.25) is 4.99 Å². The highest BCUT2D eigenvalue weighted by Gasteiger charge is 2.43. The van der Waals surface area contributed by atoms with Gasteiger partial charge in [-0.25, -0.2) is 0 Å². The summed E-state index contributed by atoms with van der Waals surface area (Å²) in [6.07, 6.45) is 2.47. The number of rotatable bonds is 10. The van der Waals surface area contributed by atoms with Gasteiger partial charge in [0.1, 0.15) is 0 Å². The molecule has 1 aliphatic carbocycles. The van der Waals surface area contributed by atoms with Gasteiger partial charge in [0.2, 0.25) is 0 Å². The first-order valence-corrected chi connectivity index (χ1v) is 8.95. The molecule has 1 fully saturated rings. The van der Waals surface area contributed by atoms with Gasteiger partial charge in [0.05, 0.1) is 13.2 Å². The molecule has 0 unspecified atom stereocenters. The van der Waals surface area contributed by atoms with Crippen molar-refractivity contribution in [2.75, 3.05) is 53.5 Å².